The molecule has 0 radical (unpaired) electrons. The summed E-state index contributed by atoms with van der Waals surface area (Å²) < 4.78 is 18.7. The van der Waals surface area contributed by atoms with E-state index < -0.39 is 11.7 Å². The zero-order chi connectivity index (χ0) is 15.9. The molecule has 1 amide bonds. The summed E-state index contributed by atoms with van der Waals surface area (Å²) in [6, 6.07) is 11.9. The summed E-state index contributed by atoms with van der Waals surface area (Å²) in [4.78, 5) is 11.6. The zero-order valence-electron chi connectivity index (χ0n) is 12.5. The highest BCUT2D eigenvalue weighted by molar-refractivity contribution is 5.83. The summed E-state index contributed by atoms with van der Waals surface area (Å²) in [6.45, 7) is 3.76. The predicted molar refractivity (Wildman–Crippen MR) is 83.5 cm³/mol. The molecule has 2 aromatic carbocycles. The standard InChI is InChI=1S/C17H17FN2O2/c1-12-7-13(2)9-15(8-12)22-11-17(21)20-19-10-14-5-3-4-6-16(14)18/h3-10H,11H2,1-2H3,(H,20,21). The molecule has 0 saturated carbocycles. The molecule has 0 atom stereocenters. The Hall–Kier alpha value is -2.69. The number of aryl methyl sites for hydroxylation is 2. The minimum absolute atomic E-state index is 0.155. The van der Waals surface area contributed by atoms with E-state index in [0.29, 0.717) is 11.3 Å². The molecule has 5 heteroatoms. The molecule has 2 rings (SSSR count). The van der Waals surface area contributed by atoms with Gasteiger partial charge in [0.2, 0.25) is 0 Å². The zero-order valence-corrected chi connectivity index (χ0v) is 12.5. The van der Waals surface area contributed by atoms with Gasteiger partial charge < -0.3 is 4.74 Å². The number of carbonyl (C=O) groups is 1. The van der Waals surface area contributed by atoms with E-state index in [2.05, 4.69) is 10.5 Å². The second-order valence-corrected chi connectivity index (χ2v) is 4.93. The van der Waals surface area contributed by atoms with Gasteiger partial charge in [0.1, 0.15) is 11.6 Å². The Morgan fingerprint density at radius 2 is 1.91 bits per heavy atom. The van der Waals surface area contributed by atoms with E-state index in [0.717, 1.165) is 11.1 Å². The van der Waals surface area contributed by atoms with Gasteiger partial charge in [0.05, 0.1) is 6.21 Å². The van der Waals surface area contributed by atoms with E-state index >= 15 is 0 Å². The largest absolute Gasteiger partial charge is 0.484 e. The quantitative estimate of drug-likeness (QED) is 0.682. The molecule has 0 bridgehead atoms. The SMILES string of the molecule is Cc1cc(C)cc(OCC(=O)NN=Cc2ccccc2F)c1. The second-order valence-electron chi connectivity index (χ2n) is 4.93. The van der Waals surface area contributed by atoms with Crippen molar-refractivity contribution in [2.45, 2.75) is 13.8 Å². The van der Waals surface area contributed by atoms with Crippen LogP contribution in [0.4, 0.5) is 4.39 Å². The number of nitrogens with one attached hydrogen (secondary N) is 1. The van der Waals surface area contributed by atoms with Crippen LogP contribution >= 0.6 is 0 Å². The first-order valence-corrected chi connectivity index (χ1v) is 6.82. The van der Waals surface area contributed by atoms with Crippen LogP contribution in [0.3, 0.4) is 0 Å². The third-order valence-electron chi connectivity index (χ3n) is 2.86. The molecule has 0 aliphatic carbocycles. The average Bonchev–Trinajstić information content (AvgIpc) is 2.46. The Labute approximate surface area is 128 Å². The molecule has 0 aliphatic heterocycles. The highest BCUT2D eigenvalue weighted by Gasteiger charge is 2.03. The van der Waals surface area contributed by atoms with Crippen molar-refractivity contribution in [3.8, 4) is 5.75 Å². The third-order valence-corrected chi connectivity index (χ3v) is 2.86. The van der Waals surface area contributed by atoms with Crippen molar-refractivity contribution in [3.05, 3.63) is 65.0 Å². The summed E-state index contributed by atoms with van der Waals surface area (Å²) in [5.74, 6) is -0.176. The molecule has 0 heterocycles. The van der Waals surface area contributed by atoms with Gasteiger partial charge in [-0.15, -0.1) is 0 Å². The molecule has 2 aromatic rings. The number of carbonyl (C=O) groups excluding carboxylic acids is 1. The highest BCUT2D eigenvalue weighted by Crippen LogP contribution is 2.15. The van der Waals surface area contributed by atoms with Crippen LogP contribution in [-0.2, 0) is 4.79 Å². The fourth-order valence-electron chi connectivity index (χ4n) is 1.95. The lowest BCUT2D eigenvalue weighted by atomic mass is 10.1. The molecule has 0 aromatic heterocycles. The number of amides is 1. The fraction of sp³-hybridized carbons (Fsp3) is 0.176. The molecule has 4 nitrogen and oxygen atoms in total. The summed E-state index contributed by atoms with van der Waals surface area (Å²) in [7, 11) is 0. The lowest BCUT2D eigenvalue weighted by Crippen LogP contribution is -2.24. The number of halogens is 1. The molecule has 1 N–H and O–H groups in total. The number of hydrogen-bond donors (Lipinski definition) is 1. The Bertz CT molecular complexity index is 679. The number of benzene rings is 2. The maximum Gasteiger partial charge on any atom is 0.277 e. The summed E-state index contributed by atoms with van der Waals surface area (Å²) >= 11 is 0. The van der Waals surface area contributed by atoms with Gasteiger partial charge in [-0.3, -0.25) is 4.79 Å². The normalized spacial score (nSPS) is 10.7. The van der Waals surface area contributed by atoms with Crippen LogP contribution in [-0.4, -0.2) is 18.7 Å². The molecule has 0 saturated heterocycles. The predicted octanol–water partition coefficient (Wildman–Crippen LogP) is 2.97. The summed E-state index contributed by atoms with van der Waals surface area (Å²) in [6.07, 6.45) is 1.25. The molecule has 22 heavy (non-hydrogen) atoms. The molecule has 0 fully saturated rings. The van der Waals surface area contributed by atoms with Crippen molar-refractivity contribution in [1.29, 1.82) is 0 Å². The molecular weight excluding hydrogens is 283 g/mol. The molecule has 114 valence electrons. The Morgan fingerprint density at radius 3 is 2.59 bits per heavy atom. The van der Waals surface area contributed by atoms with Crippen LogP contribution in [0.2, 0.25) is 0 Å². The maximum absolute atomic E-state index is 13.3. The Kier molecular flexibility index (Phi) is 5.25. The van der Waals surface area contributed by atoms with Gasteiger partial charge in [-0.2, -0.15) is 5.10 Å². The van der Waals surface area contributed by atoms with E-state index in [1.807, 2.05) is 32.0 Å². The van der Waals surface area contributed by atoms with Gasteiger partial charge in [-0.05, 0) is 43.2 Å². The van der Waals surface area contributed by atoms with E-state index in [1.165, 1.54) is 12.3 Å². The first-order valence-electron chi connectivity index (χ1n) is 6.82. The third kappa shape index (κ3) is 4.70. The summed E-state index contributed by atoms with van der Waals surface area (Å²) in [5, 5.41) is 3.71. The second kappa shape index (κ2) is 7.36. The van der Waals surface area contributed by atoms with Crippen molar-refractivity contribution in [1.82, 2.24) is 5.43 Å². The summed E-state index contributed by atoms with van der Waals surface area (Å²) in [5.41, 5.74) is 4.73. The van der Waals surface area contributed by atoms with Crippen LogP contribution in [0.1, 0.15) is 16.7 Å². The van der Waals surface area contributed by atoms with E-state index in [4.69, 9.17) is 4.74 Å². The maximum atomic E-state index is 13.3. The molecule has 0 unspecified atom stereocenters. The Balaban J connectivity index is 1.84. The van der Waals surface area contributed by atoms with E-state index in [9.17, 15) is 9.18 Å². The van der Waals surface area contributed by atoms with Gasteiger partial charge in [0.25, 0.3) is 5.91 Å². The van der Waals surface area contributed by atoms with Crippen molar-refractivity contribution >= 4 is 12.1 Å². The number of rotatable bonds is 5. The number of hydrazone groups is 1. The smallest absolute Gasteiger partial charge is 0.277 e. The average molecular weight is 300 g/mol. The number of ether oxygens (including phenoxy) is 1. The highest BCUT2D eigenvalue weighted by atomic mass is 19.1. The van der Waals surface area contributed by atoms with Gasteiger partial charge in [0, 0.05) is 5.56 Å². The van der Waals surface area contributed by atoms with Crippen LogP contribution in [0.15, 0.2) is 47.6 Å². The number of hydrogen-bond acceptors (Lipinski definition) is 3. The molecule has 0 aliphatic rings. The van der Waals surface area contributed by atoms with Crippen molar-refractivity contribution in [3.63, 3.8) is 0 Å². The van der Waals surface area contributed by atoms with Crippen LogP contribution < -0.4 is 10.2 Å². The van der Waals surface area contributed by atoms with Crippen molar-refractivity contribution < 1.29 is 13.9 Å². The van der Waals surface area contributed by atoms with Gasteiger partial charge in [0.15, 0.2) is 6.61 Å². The minimum atomic E-state index is -0.410. The molecular formula is C17H17FN2O2. The van der Waals surface area contributed by atoms with Gasteiger partial charge in [-0.25, -0.2) is 9.82 Å². The minimum Gasteiger partial charge on any atom is -0.484 e. The van der Waals surface area contributed by atoms with Crippen molar-refractivity contribution in [2.24, 2.45) is 5.10 Å². The lowest BCUT2D eigenvalue weighted by molar-refractivity contribution is -0.123. The van der Waals surface area contributed by atoms with Crippen LogP contribution in [0, 0.1) is 19.7 Å². The van der Waals surface area contributed by atoms with Gasteiger partial charge in [-0.1, -0.05) is 24.3 Å². The topological polar surface area (TPSA) is 50.7 Å². The Morgan fingerprint density at radius 1 is 1.23 bits per heavy atom. The lowest BCUT2D eigenvalue weighted by Gasteiger charge is -2.07. The van der Waals surface area contributed by atoms with E-state index in [-0.39, 0.29) is 6.61 Å². The van der Waals surface area contributed by atoms with E-state index in [1.54, 1.807) is 18.2 Å². The number of nitrogens with zero attached hydrogens (tertiary/aromatic N) is 1. The van der Waals surface area contributed by atoms with Crippen molar-refractivity contribution in [2.75, 3.05) is 6.61 Å². The van der Waals surface area contributed by atoms with Gasteiger partial charge >= 0.3 is 0 Å². The monoisotopic (exact) mass is 300 g/mol. The fourth-order valence-corrected chi connectivity index (χ4v) is 1.95. The van der Waals surface area contributed by atoms with Crippen LogP contribution in [0.25, 0.3) is 0 Å². The van der Waals surface area contributed by atoms with Crippen LogP contribution in [0.5, 0.6) is 5.75 Å². The first kappa shape index (κ1) is 15.7. The first-order chi connectivity index (χ1) is 10.5. The molecule has 0 spiro atoms.